The van der Waals surface area contributed by atoms with E-state index in [9.17, 15) is 9.59 Å². The smallest absolute Gasteiger partial charge is 0.417 e. The molecule has 3 N–H and O–H groups in total. The Labute approximate surface area is 143 Å². The molecular formula is C18H16N2O5. The molecule has 0 bridgehead atoms. The number of hydrogen-bond donors (Lipinski definition) is 3. The van der Waals surface area contributed by atoms with Gasteiger partial charge in [-0.15, -0.1) is 0 Å². The van der Waals surface area contributed by atoms with E-state index in [-0.39, 0.29) is 0 Å². The predicted molar refractivity (Wildman–Crippen MR) is 90.8 cm³/mol. The summed E-state index contributed by atoms with van der Waals surface area (Å²) in [6.07, 6.45) is -1.65. The zero-order chi connectivity index (χ0) is 17.8. The fraction of sp³-hybridized carbons (Fsp3) is 0.111. The first kappa shape index (κ1) is 16.5. The highest BCUT2D eigenvalue weighted by Crippen LogP contribution is 2.27. The standard InChI is InChI=1S/C18H16N2O5/c1-11-15(20-25-16(11)17(21)22)12-6-5-7-13(10-12)19-18(23)24-14-8-3-2-4-9-14/h2-10,16,20H,1H3,(H,19,23)(H,21,22). The molecule has 1 heterocycles. The first-order chi connectivity index (χ1) is 12.0. The van der Waals surface area contributed by atoms with Crippen molar-refractivity contribution >= 4 is 23.4 Å². The third kappa shape index (κ3) is 3.78. The predicted octanol–water partition coefficient (Wildman–Crippen LogP) is 3.02. The van der Waals surface area contributed by atoms with Gasteiger partial charge in [0, 0.05) is 11.3 Å². The Morgan fingerprint density at radius 3 is 2.60 bits per heavy atom. The summed E-state index contributed by atoms with van der Waals surface area (Å²) in [4.78, 5) is 28.1. The molecule has 1 aliphatic heterocycles. The van der Waals surface area contributed by atoms with Crippen molar-refractivity contribution in [2.45, 2.75) is 13.0 Å². The number of nitrogens with one attached hydrogen (secondary N) is 2. The lowest BCUT2D eigenvalue weighted by Crippen LogP contribution is -2.23. The molecule has 0 aromatic heterocycles. The van der Waals surface area contributed by atoms with Crippen molar-refractivity contribution < 1.29 is 24.3 Å². The van der Waals surface area contributed by atoms with Crippen LogP contribution in [0.1, 0.15) is 12.5 Å². The third-order valence-electron chi connectivity index (χ3n) is 3.64. The SMILES string of the molecule is CC1=C(c2cccc(NC(=O)Oc3ccccc3)c2)NOC1C(=O)O. The van der Waals surface area contributed by atoms with E-state index in [1.807, 2.05) is 6.07 Å². The number of ether oxygens (including phenoxy) is 1. The topological polar surface area (TPSA) is 96.9 Å². The van der Waals surface area contributed by atoms with Crippen LogP contribution in [-0.2, 0) is 9.63 Å². The van der Waals surface area contributed by atoms with Crippen molar-refractivity contribution in [3.05, 3.63) is 65.7 Å². The average Bonchev–Trinajstić information content (AvgIpc) is 2.97. The van der Waals surface area contributed by atoms with Crippen molar-refractivity contribution in [1.29, 1.82) is 0 Å². The lowest BCUT2D eigenvalue weighted by Gasteiger charge is -2.09. The summed E-state index contributed by atoms with van der Waals surface area (Å²) in [7, 11) is 0. The van der Waals surface area contributed by atoms with Gasteiger partial charge in [0.15, 0.2) is 0 Å². The first-order valence-corrected chi connectivity index (χ1v) is 7.54. The van der Waals surface area contributed by atoms with E-state index >= 15 is 0 Å². The van der Waals surface area contributed by atoms with Crippen LogP contribution in [-0.4, -0.2) is 23.3 Å². The highest BCUT2D eigenvalue weighted by Gasteiger charge is 2.30. The maximum Gasteiger partial charge on any atom is 0.417 e. The largest absolute Gasteiger partial charge is 0.479 e. The molecule has 0 spiro atoms. The summed E-state index contributed by atoms with van der Waals surface area (Å²) in [5, 5.41) is 11.7. The number of hydrogen-bond acceptors (Lipinski definition) is 5. The van der Waals surface area contributed by atoms with Crippen molar-refractivity contribution in [1.82, 2.24) is 5.48 Å². The van der Waals surface area contributed by atoms with E-state index in [0.717, 1.165) is 0 Å². The fourth-order valence-corrected chi connectivity index (χ4v) is 2.43. The third-order valence-corrected chi connectivity index (χ3v) is 3.64. The van der Waals surface area contributed by atoms with Crippen LogP contribution in [0.25, 0.3) is 5.70 Å². The van der Waals surface area contributed by atoms with Gasteiger partial charge in [0.25, 0.3) is 0 Å². The Hall–Kier alpha value is -3.32. The molecule has 0 radical (unpaired) electrons. The van der Waals surface area contributed by atoms with Crippen molar-refractivity contribution in [2.24, 2.45) is 0 Å². The molecular weight excluding hydrogens is 324 g/mol. The molecule has 1 atom stereocenters. The maximum atomic E-state index is 12.0. The number of para-hydroxylation sites is 1. The van der Waals surface area contributed by atoms with E-state index < -0.39 is 18.2 Å². The van der Waals surface area contributed by atoms with Crippen LogP contribution in [0, 0.1) is 0 Å². The molecule has 25 heavy (non-hydrogen) atoms. The summed E-state index contributed by atoms with van der Waals surface area (Å²) in [6.45, 7) is 1.68. The van der Waals surface area contributed by atoms with Crippen LogP contribution >= 0.6 is 0 Å². The molecule has 7 heteroatoms. The maximum absolute atomic E-state index is 12.0. The number of amides is 1. The van der Waals surface area contributed by atoms with Crippen molar-refractivity contribution in [3.8, 4) is 5.75 Å². The molecule has 3 rings (SSSR count). The number of carbonyl (C=O) groups is 2. The van der Waals surface area contributed by atoms with Crippen LogP contribution in [0.2, 0.25) is 0 Å². The second kappa shape index (κ2) is 7.06. The Morgan fingerprint density at radius 1 is 1.16 bits per heavy atom. The highest BCUT2D eigenvalue weighted by atomic mass is 16.7. The van der Waals surface area contributed by atoms with E-state index in [4.69, 9.17) is 14.7 Å². The van der Waals surface area contributed by atoms with E-state index in [1.54, 1.807) is 55.5 Å². The fourth-order valence-electron chi connectivity index (χ4n) is 2.43. The van der Waals surface area contributed by atoms with Crippen molar-refractivity contribution in [3.63, 3.8) is 0 Å². The number of carboxylic acid groups (broad SMARTS) is 1. The zero-order valence-electron chi connectivity index (χ0n) is 13.4. The van der Waals surface area contributed by atoms with Gasteiger partial charge in [0.05, 0.1) is 5.70 Å². The van der Waals surface area contributed by atoms with Crippen LogP contribution in [0.3, 0.4) is 0 Å². The van der Waals surface area contributed by atoms with Crippen LogP contribution in [0.15, 0.2) is 60.2 Å². The minimum Gasteiger partial charge on any atom is -0.479 e. The Balaban J connectivity index is 1.74. The van der Waals surface area contributed by atoms with Gasteiger partial charge in [-0.3, -0.25) is 15.6 Å². The Morgan fingerprint density at radius 2 is 1.92 bits per heavy atom. The lowest BCUT2D eigenvalue weighted by atomic mass is 10.0. The molecule has 2 aromatic carbocycles. The van der Waals surface area contributed by atoms with Gasteiger partial charge in [-0.1, -0.05) is 30.3 Å². The van der Waals surface area contributed by atoms with E-state index in [1.165, 1.54) is 0 Å². The molecule has 1 unspecified atom stereocenters. The van der Waals surface area contributed by atoms with Gasteiger partial charge in [-0.2, -0.15) is 0 Å². The molecule has 7 nitrogen and oxygen atoms in total. The van der Waals surface area contributed by atoms with Gasteiger partial charge in [0.2, 0.25) is 6.10 Å². The summed E-state index contributed by atoms with van der Waals surface area (Å²) >= 11 is 0. The number of carbonyl (C=O) groups excluding carboxylic acids is 1. The lowest BCUT2D eigenvalue weighted by molar-refractivity contribution is -0.148. The number of hydroxylamine groups is 1. The van der Waals surface area contributed by atoms with Crippen LogP contribution < -0.4 is 15.5 Å². The highest BCUT2D eigenvalue weighted by molar-refractivity contribution is 5.88. The van der Waals surface area contributed by atoms with Gasteiger partial charge >= 0.3 is 12.1 Å². The number of carboxylic acids is 1. The van der Waals surface area contributed by atoms with Crippen LogP contribution in [0.4, 0.5) is 10.5 Å². The molecule has 2 aromatic rings. The summed E-state index contributed by atoms with van der Waals surface area (Å²) in [5.74, 6) is -0.634. The second-order valence-electron chi connectivity index (χ2n) is 5.40. The number of aliphatic carboxylic acids is 1. The van der Waals surface area contributed by atoms with E-state index in [2.05, 4.69) is 10.8 Å². The van der Waals surface area contributed by atoms with Gasteiger partial charge in [-0.05, 0) is 36.8 Å². The zero-order valence-corrected chi connectivity index (χ0v) is 13.4. The minimum atomic E-state index is -1.07. The van der Waals surface area contributed by atoms with Gasteiger partial charge in [0.1, 0.15) is 5.75 Å². The second-order valence-corrected chi connectivity index (χ2v) is 5.40. The molecule has 128 valence electrons. The first-order valence-electron chi connectivity index (χ1n) is 7.54. The van der Waals surface area contributed by atoms with Gasteiger partial charge < -0.3 is 9.84 Å². The quantitative estimate of drug-likeness (QED) is 0.792. The number of benzene rings is 2. The van der Waals surface area contributed by atoms with Crippen LogP contribution in [0.5, 0.6) is 5.75 Å². The van der Waals surface area contributed by atoms with Crippen molar-refractivity contribution in [2.75, 3.05) is 5.32 Å². The molecule has 0 saturated heterocycles. The molecule has 1 aliphatic rings. The monoisotopic (exact) mass is 340 g/mol. The molecule has 0 aliphatic carbocycles. The summed E-state index contributed by atoms with van der Waals surface area (Å²) < 4.78 is 5.17. The van der Waals surface area contributed by atoms with E-state index in [0.29, 0.717) is 28.3 Å². The summed E-state index contributed by atoms with van der Waals surface area (Å²) in [6, 6.07) is 15.6. The molecule has 0 fully saturated rings. The molecule has 1 amide bonds. The number of anilines is 1. The van der Waals surface area contributed by atoms with Gasteiger partial charge in [-0.25, -0.2) is 9.59 Å². The normalized spacial score (nSPS) is 16.3. The molecule has 0 saturated carbocycles. The summed E-state index contributed by atoms with van der Waals surface area (Å²) in [5.41, 5.74) is 4.95. The average molecular weight is 340 g/mol. The Bertz CT molecular complexity index is 832. The Kier molecular flexibility index (Phi) is 4.67. The number of rotatable bonds is 4. The minimum absolute atomic E-state index is 0.435.